The summed E-state index contributed by atoms with van der Waals surface area (Å²) in [7, 11) is 1.36. The fraction of sp³-hybridized carbons (Fsp3) is 0.583. The minimum atomic E-state index is -0.453. The maximum atomic E-state index is 11.5. The highest BCUT2D eigenvalue weighted by molar-refractivity contribution is 5.78. The molecular formula is C12H19N3O3. The van der Waals surface area contributed by atoms with Crippen molar-refractivity contribution in [3.05, 3.63) is 11.8 Å². The molecule has 1 rings (SSSR count). The number of nitrogens with one attached hydrogen (secondary N) is 1. The highest BCUT2D eigenvalue weighted by Gasteiger charge is 2.18. The summed E-state index contributed by atoms with van der Waals surface area (Å²) in [5.74, 6) is 0.531. The van der Waals surface area contributed by atoms with Crippen molar-refractivity contribution in [1.29, 1.82) is 0 Å². The normalized spacial score (nSPS) is 11.8. The van der Waals surface area contributed by atoms with Gasteiger partial charge in [0.15, 0.2) is 0 Å². The van der Waals surface area contributed by atoms with E-state index in [1.807, 2.05) is 20.8 Å². The highest BCUT2D eigenvalue weighted by Crippen LogP contribution is 2.13. The lowest BCUT2D eigenvalue weighted by molar-refractivity contribution is -0.141. The van der Waals surface area contributed by atoms with E-state index in [4.69, 9.17) is 9.47 Å². The van der Waals surface area contributed by atoms with Crippen molar-refractivity contribution in [1.82, 2.24) is 9.97 Å². The molecule has 1 aromatic heterocycles. The van der Waals surface area contributed by atoms with Crippen molar-refractivity contribution in [3.8, 4) is 5.88 Å². The van der Waals surface area contributed by atoms with E-state index < -0.39 is 6.04 Å². The maximum absolute atomic E-state index is 11.5. The average molecular weight is 253 g/mol. The number of carbonyl (C=O) groups is 1. The summed E-state index contributed by atoms with van der Waals surface area (Å²) in [5.41, 5.74) is 0.774. The van der Waals surface area contributed by atoms with E-state index >= 15 is 0 Å². The van der Waals surface area contributed by atoms with Gasteiger partial charge < -0.3 is 14.8 Å². The molecule has 100 valence electrons. The Hall–Kier alpha value is -1.85. The van der Waals surface area contributed by atoms with Gasteiger partial charge in [0.05, 0.1) is 13.7 Å². The Labute approximate surface area is 107 Å². The van der Waals surface area contributed by atoms with E-state index in [9.17, 15) is 4.79 Å². The predicted molar refractivity (Wildman–Crippen MR) is 67.7 cm³/mol. The number of methoxy groups -OCH3 is 1. The van der Waals surface area contributed by atoms with Crippen LogP contribution in [0.3, 0.4) is 0 Å². The summed E-state index contributed by atoms with van der Waals surface area (Å²) in [4.78, 5) is 19.9. The fourth-order valence-electron chi connectivity index (χ4n) is 1.45. The van der Waals surface area contributed by atoms with Gasteiger partial charge in [0.2, 0.25) is 11.8 Å². The third-order valence-electron chi connectivity index (χ3n) is 2.32. The molecule has 1 aromatic rings. The van der Waals surface area contributed by atoms with Gasteiger partial charge in [-0.3, -0.25) is 0 Å². The van der Waals surface area contributed by atoms with E-state index in [0.29, 0.717) is 24.9 Å². The van der Waals surface area contributed by atoms with Crippen LogP contribution in [-0.4, -0.2) is 35.7 Å². The van der Waals surface area contributed by atoms with Gasteiger partial charge >= 0.3 is 5.97 Å². The first kappa shape index (κ1) is 14.2. The van der Waals surface area contributed by atoms with Crippen LogP contribution in [-0.2, 0) is 9.53 Å². The number of esters is 1. The molecule has 1 atom stereocenters. The van der Waals surface area contributed by atoms with Crippen LogP contribution in [0.25, 0.3) is 0 Å². The zero-order valence-corrected chi connectivity index (χ0v) is 11.2. The molecule has 18 heavy (non-hydrogen) atoms. The van der Waals surface area contributed by atoms with Gasteiger partial charge in [-0.2, -0.15) is 4.98 Å². The molecule has 1 unspecified atom stereocenters. The molecule has 0 radical (unpaired) electrons. The number of aryl methyl sites for hydroxylation is 1. The number of nitrogens with zero attached hydrogens (tertiary/aromatic N) is 2. The first-order valence-corrected chi connectivity index (χ1v) is 5.93. The van der Waals surface area contributed by atoms with Crippen LogP contribution in [0.2, 0.25) is 0 Å². The lowest BCUT2D eigenvalue weighted by Crippen LogP contribution is -2.30. The molecule has 0 saturated carbocycles. The summed E-state index contributed by atoms with van der Waals surface area (Å²) in [6.45, 7) is 6.14. The summed E-state index contributed by atoms with van der Waals surface area (Å²) < 4.78 is 10.0. The molecule has 0 fully saturated rings. The Morgan fingerprint density at radius 2 is 2.17 bits per heavy atom. The molecule has 0 bridgehead atoms. The molecule has 0 aliphatic carbocycles. The number of hydrogen-bond acceptors (Lipinski definition) is 6. The first-order chi connectivity index (χ1) is 8.60. The van der Waals surface area contributed by atoms with Crippen molar-refractivity contribution in [2.24, 2.45) is 0 Å². The standard InChI is InChI=1S/C12H19N3O3/c1-5-9(11(16)17-4)14-12-13-8(3)7-10(15-12)18-6-2/h7,9H,5-6H2,1-4H3,(H,13,14,15). The van der Waals surface area contributed by atoms with E-state index in [1.165, 1.54) is 7.11 Å². The van der Waals surface area contributed by atoms with Gasteiger partial charge in [0, 0.05) is 11.8 Å². The molecule has 6 heteroatoms. The van der Waals surface area contributed by atoms with E-state index in [-0.39, 0.29) is 5.97 Å². The smallest absolute Gasteiger partial charge is 0.328 e. The second-order valence-electron chi connectivity index (χ2n) is 3.73. The van der Waals surface area contributed by atoms with Crippen molar-refractivity contribution < 1.29 is 14.3 Å². The predicted octanol–water partition coefficient (Wildman–Crippen LogP) is 1.55. The van der Waals surface area contributed by atoms with Crippen molar-refractivity contribution in [2.45, 2.75) is 33.2 Å². The van der Waals surface area contributed by atoms with Crippen molar-refractivity contribution in [3.63, 3.8) is 0 Å². The third kappa shape index (κ3) is 3.87. The average Bonchev–Trinajstić information content (AvgIpc) is 2.34. The SMILES string of the molecule is CCOc1cc(C)nc(NC(CC)C(=O)OC)n1. The summed E-state index contributed by atoms with van der Waals surface area (Å²) in [6.07, 6.45) is 0.591. The minimum Gasteiger partial charge on any atom is -0.478 e. The van der Waals surface area contributed by atoms with Crippen LogP contribution in [0.5, 0.6) is 5.88 Å². The quantitative estimate of drug-likeness (QED) is 0.775. The van der Waals surface area contributed by atoms with Gasteiger partial charge in [-0.15, -0.1) is 0 Å². The second kappa shape index (κ2) is 6.78. The summed E-state index contributed by atoms with van der Waals surface area (Å²) in [5, 5.41) is 2.94. The Bertz CT molecular complexity index is 410. The van der Waals surface area contributed by atoms with Crippen LogP contribution in [0.4, 0.5) is 5.95 Å². The van der Waals surface area contributed by atoms with Gasteiger partial charge in [0.25, 0.3) is 0 Å². The number of hydrogen-bond donors (Lipinski definition) is 1. The van der Waals surface area contributed by atoms with Crippen LogP contribution in [0.15, 0.2) is 6.07 Å². The number of aromatic nitrogens is 2. The number of anilines is 1. The van der Waals surface area contributed by atoms with Gasteiger partial charge in [0.1, 0.15) is 6.04 Å². The van der Waals surface area contributed by atoms with E-state index in [1.54, 1.807) is 6.07 Å². The minimum absolute atomic E-state index is 0.333. The number of ether oxygens (including phenoxy) is 2. The second-order valence-corrected chi connectivity index (χ2v) is 3.73. The molecule has 1 heterocycles. The zero-order valence-electron chi connectivity index (χ0n) is 11.2. The summed E-state index contributed by atoms with van der Waals surface area (Å²) >= 11 is 0. The maximum Gasteiger partial charge on any atom is 0.328 e. The number of carbonyl (C=O) groups excluding carboxylic acids is 1. The topological polar surface area (TPSA) is 73.3 Å². The van der Waals surface area contributed by atoms with Crippen LogP contribution in [0, 0.1) is 6.92 Å². The Kier molecular flexibility index (Phi) is 5.35. The molecule has 6 nitrogen and oxygen atoms in total. The lowest BCUT2D eigenvalue weighted by atomic mass is 10.2. The van der Waals surface area contributed by atoms with Crippen LogP contribution >= 0.6 is 0 Å². The Morgan fingerprint density at radius 1 is 1.44 bits per heavy atom. The zero-order chi connectivity index (χ0) is 13.5. The fourth-order valence-corrected chi connectivity index (χ4v) is 1.45. The monoisotopic (exact) mass is 253 g/mol. The Balaban J connectivity index is 2.85. The van der Waals surface area contributed by atoms with Crippen LogP contribution < -0.4 is 10.1 Å². The molecular weight excluding hydrogens is 234 g/mol. The Morgan fingerprint density at radius 3 is 2.72 bits per heavy atom. The molecule has 1 N–H and O–H groups in total. The molecule has 0 amide bonds. The molecule has 0 saturated heterocycles. The molecule has 0 aromatic carbocycles. The largest absolute Gasteiger partial charge is 0.478 e. The lowest BCUT2D eigenvalue weighted by Gasteiger charge is -2.15. The third-order valence-corrected chi connectivity index (χ3v) is 2.32. The highest BCUT2D eigenvalue weighted by atomic mass is 16.5. The molecule has 0 aliphatic rings. The van der Waals surface area contributed by atoms with Crippen molar-refractivity contribution >= 4 is 11.9 Å². The number of rotatable bonds is 6. The van der Waals surface area contributed by atoms with Gasteiger partial charge in [-0.25, -0.2) is 9.78 Å². The first-order valence-electron chi connectivity index (χ1n) is 5.93. The van der Waals surface area contributed by atoms with Gasteiger partial charge in [-0.1, -0.05) is 6.92 Å². The molecule has 0 spiro atoms. The van der Waals surface area contributed by atoms with Crippen LogP contribution in [0.1, 0.15) is 26.0 Å². The van der Waals surface area contributed by atoms with Crippen molar-refractivity contribution in [2.75, 3.05) is 19.0 Å². The van der Waals surface area contributed by atoms with E-state index in [2.05, 4.69) is 15.3 Å². The summed E-state index contributed by atoms with van der Waals surface area (Å²) in [6, 6.07) is 1.29. The van der Waals surface area contributed by atoms with E-state index in [0.717, 1.165) is 5.69 Å². The van der Waals surface area contributed by atoms with Gasteiger partial charge in [-0.05, 0) is 20.3 Å². The molecule has 0 aliphatic heterocycles.